The first kappa shape index (κ1) is 14.9. The van der Waals surface area contributed by atoms with Crippen molar-refractivity contribution in [2.45, 2.75) is 6.42 Å². The maximum absolute atomic E-state index is 11.0. The van der Waals surface area contributed by atoms with Crippen LogP contribution in [0, 0.1) is 12.3 Å². The third-order valence-electron chi connectivity index (χ3n) is 1.62. The number of rotatable bonds is 10. The molecule has 0 amide bonds. The zero-order valence-electron chi connectivity index (χ0n) is 9.66. The highest BCUT2D eigenvalue weighted by molar-refractivity contribution is 5.71. The maximum Gasteiger partial charge on any atom is 0.319 e. The molecule has 16 heavy (non-hydrogen) atoms. The molecule has 0 aliphatic carbocycles. The Morgan fingerprint density at radius 2 is 2.12 bits per heavy atom. The predicted octanol–water partition coefficient (Wildman–Crippen LogP) is -0.194. The Kier molecular flexibility index (Phi) is 11.2. The van der Waals surface area contributed by atoms with Crippen LogP contribution in [0.15, 0.2) is 0 Å². The van der Waals surface area contributed by atoms with Gasteiger partial charge < -0.3 is 14.2 Å². The van der Waals surface area contributed by atoms with Crippen molar-refractivity contribution >= 4 is 5.97 Å². The number of esters is 1. The summed E-state index contributed by atoms with van der Waals surface area (Å²) in [7, 11) is 1.62. The summed E-state index contributed by atoms with van der Waals surface area (Å²) in [5.74, 6) is 2.07. The Bertz CT molecular complexity index is 213. The van der Waals surface area contributed by atoms with Gasteiger partial charge in [-0.2, -0.15) is 0 Å². The number of carbonyl (C=O) groups excluding carboxylic acids is 1. The van der Waals surface area contributed by atoms with E-state index in [1.54, 1.807) is 7.11 Å². The molecule has 0 heterocycles. The molecule has 0 aromatic heterocycles. The van der Waals surface area contributed by atoms with Gasteiger partial charge in [-0.05, 0) is 0 Å². The molecule has 0 fully saturated rings. The molecule has 0 aliphatic rings. The topological polar surface area (TPSA) is 56.8 Å². The van der Waals surface area contributed by atoms with Gasteiger partial charge in [0.2, 0.25) is 0 Å². The van der Waals surface area contributed by atoms with E-state index in [0.717, 1.165) is 0 Å². The van der Waals surface area contributed by atoms with Crippen LogP contribution in [-0.2, 0) is 19.0 Å². The van der Waals surface area contributed by atoms with Crippen molar-refractivity contribution in [2.24, 2.45) is 0 Å². The summed E-state index contributed by atoms with van der Waals surface area (Å²) in [6.45, 7) is 2.59. The lowest BCUT2D eigenvalue weighted by Crippen LogP contribution is -2.25. The van der Waals surface area contributed by atoms with Gasteiger partial charge in [0.1, 0.15) is 0 Å². The monoisotopic (exact) mass is 229 g/mol. The molecule has 0 saturated carbocycles. The molecule has 92 valence electrons. The summed E-state index contributed by atoms with van der Waals surface area (Å²) in [4.78, 5) is 11.0. The number of carbonyl (C=O) groups is 1. The van der Waals surface area contributed by atoms with E-state index in [4.69, 9.17) is 20.6 Å². The van der Waals surface area contributed by atoms with E-state index in [0.29, 0.717) is 39.4 Å². The minimum absolute atomic E-state index is 0.148. The van der Waals surface area contributed by atoms with Crippen LogP contribution in [0.2, 0.25) is 0 Å². The van der Waals surface area contributed by atoms with Crippen LogP contribution in [-0.4, -0.2) is 52.6 Å². The quantitative estimate of drug-likeness (QED) is 0.319. The fraction of sp³-hybridized carbons (Fsp3) is 0.727. The Balaban J connectivity index is 3.12. The van der Waals surface area contributed by atoms with Crippen molar-refractivity contribution in [2.75, 3.05) is 46.6 Å². The van der Waals surface area contributed by atoms with Crippen molar-refractivity contribution < 1.29 is 19.0 Å². The number of hydrogen-bond donors (Lipinski definition) is 1. The number of ether oxygens (including phenoxy) is 3. The number of nitrogens with one attached hydrogen (secondary N) is 1. The smallest absolute Gasteiger partial charge is 0.319 e. The molecule has 0 aromatic rings. The summed E-state index contributed by atoms with van der Waals surface area (Å²) in [6.07, 6.45) is 5.69. The first-order valence-electron chi connectivity index (χ1n) is 5.17. The van der Waals surface area contributed by atoms with Crippen LogP contribution < -0.4 is 5.32 Å². The van der Waals surface area contributed by atoms with Gasteiger partial charge in [0.25, 0.3) is 0 Å². The van der Waals surface area contributed by atoms with Gasteiger partial charge in [0.05, 0.1) is 32.9 Å². The first-order chi connectivity index (χ1) is 7.81. The van der Waals surface area contributed by atoms with Gasteiger partial charge in [-0.25, -0.2) is 0 Å². The third kappa shape index (κ3) is 11.0. The summed E-state index contributed by atoms with van der Waals surface area (Å²) in [6, 6.07) is 0. The molecule has 1 N–H and O–H groups in total. The van der Waals surface area contributed by atoms with Gasteiger partial charge in [0.15, 0.2) is 0 Å². The fourth-order valence-corrected chi connectivity index (χ4v) is 0.879. The van der Waals surface area contributed by atoms with Crippen LogP contribution >= 0.6 is 0 Å². The third-order valence-corrected chi connectivity index (χ3v) is 1.62. The van der Waals surface area contributed by atoms with Crippen molar-refractivity contribution in [3.05, 3.63) is 0 Å². The second-order valence-electron chi connectivity index (χ2n) is 2.99. The second kappa shape index (κ2) is 12.0. The van der Waals surface area contributed by atoms with E-state index in [-0.39, 0.29) is 12.5 Å². The highest BCUT2D eigenvalue weighted by Crippen LogP contribution is 1.86. The minimum atomic E-state index is -0.299. The molecule has 0 rings (SSSR count). The van der Waals surface area contributed by atoms with Crippen LogP contribution in [0.3, 0.4) is 0 Å². The molecule has 0 aromatic carbocycles. The van der Waals surface area contributed by atoms with Crippen LogP contribution in [0.1, 0.15) is 6.42 Å². The average Bonchev–Trinajstić information content (AvgIpc) is 2.28. The highest BCUT2D eigenvalue weighted by atomic mass is 16.5. The Hall–Kier alpha value is -1.09. The molecule has 0 aliphatic heterocycles. The van der Waals surface area contributed by atoms with Gasteiger partial charge in [-0.1, -0.05) is 5.92 Å². The molecular formula is C11H19NO4. The highest BCUT2D eigenvalue weighted by Gasteiger charge is 2.00. The Morgan fingerprint density at radius 1 is 1.31 bits per heavy atom. The van der Waals surface area contributed by atoms with E-state index < -0.39 is 0 Å². The molecule has 5 heteroatoms. The fourth-order valence-electron chi connectivity index (χ4n) is 0.879. The molecule has 5 nitrogen and oxygen atoms in total. The molecular weight excluding hydrogens is 210 g/mol. The Labute approximate surface area is 96.4 Å². The van der Waals surface area contributed by atoms with Crippen molar-refractivity contribution in [1.29, 1.82) is 0 Å². The summed E-state index contributed by atoms with van der Waals surface area (Å²) < 4.78 is 14.9. The lowest BCUT2D eigenvalue weighted by molar-refractivity contribution is -0.142. The summed E-state index contributed by atoms with van der Waals surface area (Å²) in [5.41, 5.74) is 0. The van der Waals surface area contributed by atoms with E-state index in [1.165, 1.54) is 0 Å². The van der Waals surface area contributed by atoms with E-state index in [2.05, 4.69) is 11.2 Å². The summed E-state index contributed by atoms with van der Waals surface area (Å²) in [5, 5.41) is 2.75. The molecule has 0 spiro atoms. The van der Waals surface area contributed by atoms with Crippen molar-refractivity contribution in [3.63, 3.8) is 0 Å². The van der Waals surface area contributed by atoms with Gasteiger partial charge >= 0.3 is 5.97 Å². The molecule has 0 saturated heterocycles. The van der Waals surface area contributed by atoms with Crippen molar-refractivity contribution in [1.82, 2.24) is 5.32 Å². The van der Waals surface area contributed by atoms with E-state index in [9.17, 15) is 4.79 Å². The second-order valence-corrected chi connectivity index (χ2v) is 2.99. The van der Waals surface area contributed by atoms with Gasteiger partial charge in [-0.15, -0.1) is 6.42 Å². The summed E-state index contributed by atoms with van der Waals surface area (Å²) >= 11 is 0. The molecule has 0 atom stereocenters. The van der Waals surface area contributed by atoms with E-state index >= 15 is 0 Å². The molecule has 0 radical (unpaired) electrons. The standard InChI is InChI=1S/C11H19NO4/c1-3-5-12-10-11(13)16-7-4-6-15-9-8-14-2/h1,12H,4-10H2,2H3. The predicted molar refractivity (Wildman–Crippen MR) is 60.0 cm³/mol. The SMILES string of the molecule is C#CCNCC(=O)OCCCOCCOC. The molecule has 0 unspecified atom stereocenters. The largest absolute Gasteiger partial charge is 0.465 e. The Morgan fingerprint density at radius 3 is 2.81 bits per heavy atom. The van der Waals surface area contributed by atoms with Crippen LogP contribution in [0.5, 0.6) is 0 Å². The number of terminal acetylenes is 1. The number of hydrogen-bond acceptors (Lipinski definition) is 5. The van der Waals surface area contributed by atoms with Crippen molar-refractivity contribution in [3.8, 4) is 12.3 Å². The first-order valence-corrected chi connectivity index (χ1v) is 5.17. The van der Waals surface area contributed by atoms with Gasteiger partial charge in [0, 0.05) is 20.1 Å². The minimum Gasteiger partial charge on any atom is -0.465 e. The van der Waals surface area contributed by atoms with Crippen LogP contribution in [0.4, 0.5) is 0 Å². The van der Waals surface area contributed by atoms with Gasteiger partial charge in [-0.3, -0.25) is 10.1 Å². The number of methoxy groups -OCH3 is 1. The lowest BCUT2D eigenvalue weighted by Gasteiger charge is -2.05. The maximum atomic E-state index is 11.0. The molecule has 0 bridgehead atoms. The zero-order valence-corrected chi connectivity index (χ0v) is 9.66. The van der Waals surface area contributed by atoms with Crippen LogP contribution in [0.25, 0.3) is 0 Å². The van der Waals surface area contributed by atoms with E-state index in [1.807, 2.05) is 0 Å². The average molecular weight is 229 g/mol. The zero-order chi connectivity index (χ0) is 12.1. The lowest BCUT2D eigenvalue weighted by atomic mass is 10.5. The normalized spacial score (nSPS) is 9.75.